The number of carbonyl (C=O) groups excluding carboxylic acids is 1. The van der Waals surface area contributed by atoms with Crippen molar-refractivity contribution in [2.24, 2.45) is 0 Å². The first-order valence-corrected chi connectivity index (χ1v) is 6.92. The van der Waals surface area contributed by atoms with E-state index >= 15 is 0 Å². The van der Waals surface area contributed by atoms with E-state index in [1.807, 2.05) is 6.92 Å². The third-order valence-corrected chi connectivity index (χ3v) is 3.36. The highest BCUT2D eigenvalue weighted by molar-refractivity contribution is 5.91. The number of rotatable bonds is 3. The van der Waals surface area contributed by atoms with Crippen molar-refractivity contribution in [1.82, 2.24) is 25.2 Å². The van der Waals surface area contributed by atoms with Gasteiger partial charge in [0.15, 0.2) is 5.82 Å². The number of nitrogens with zero attached hydrogens (tertiary/aromatic N) is 4. The van der Waals surface area contributed by atoms with Crippen LogP contribution in [0.5, 0.6) is 0 Å². The summed E-state index contributed by atoms with van der Waals surface area (Å²) in [6, 6.07) is 1.63. The molecule has 3 rings (SSSR count). The van der Waals surface area contributed by atoms with Crippen LogP contribution in [-0.2, 0) is 11.2 Å². The summed E-state index contributed by atoms with van der Waals surface area (Å²) in [5.74, 6) is 1.45. The lowest BCUT2D eigenvalue weighted by molar-refractivity contribution is -0.0277. The second-order valence-electron chi connectivity index (χ2n) is 4.94. The quantitative estimate of drug-likeness (QED) is 0.901. The standard InChI is InChI=1S/C13H17N5O3/c1-3-11-14-12(16-15-11)10-7-18(4-5-20-10)13(19)9-6-8(2)17-21-9/h6,10H,3-5,7H2,1-2H3,(H,14,15,16). The maximum Gasteiger partial charge on any atom is 0.292 e. The minimum Gasteiger partial charge on any atom is -0.366 e. The van der Waals surface area contributed by atoms with Crippen LogP contribution < -0.4 is 0 Å². The zero-order valence-corrected chi connectivity index (χ0v) is 12.0. The molecule has 8 nitrogen and oxygen atoms in total. The molecule has 0 aliphatic carbocycles. The fourth-order valence-electron chi connectivity index (χ4n) is 2.22. The molecule has 0 radical (unpaired) electrons. The zero-order chi connectivity index (χ0) is 14.8. The normalized spacial score (nSPS) is 19.0. The van der Waals surface area contributed by atoms with Crippen LogP contribution in [0.1, 0.15) is 40.9 Å². The average Bonchev–Trinajstić information content (AvgIpc) is 3.15. The predicted molar refractivity (Wildman–Crippen MR) is 71.6 cm³/mol. The molecular formula is C13H17N5O3. The fraction of sp³-hybridized carbons (Fsp3) is 0.538. The topological polar surface area (TPSA) is 97.1 Å². The number of aromatic nitrogens is 4. The van der Waals surface area contributed by atoms with Crippen LogP contribution in [0, 0.1) is 6.92 Å². The van der Waals surface area contributed by atoms with Crippen LogP contribution in [0.4, 0.5) is 0 Å². The maximum atomic E-state index is 12.3. The largest absolute Gasteiger partial charge is 0.366 e. The van der Waals surface area contributed by atoms with Crippen LogP contribution in [0.15, 0.2) is 10.6 Å². The Kier molecular flexibility index (Phi) is 3.70. The molecule has 3 heterocycles. The van der Waals surface area contributed by atoms with Crippen molar-refractivity contribution >= 4 is 5.91 Å². The molecule has 1 saturated heterocycles. The van der Waals surface area contributed by atoms with Gasteiger partial charge in [0.2, 0.25) is 5.76 Å². The van der Waals surface area contributed by atoms with Gasteiger partial charge in [0.1, 0.15) is 11.9 Å². The molecule has 1 amide bonds. The fourth-order valence-corrected chi connectivity index (χ4v) is 2.22. The van der Waals surface area contributed by atoms with Crippen molar-refractivity contribution in [3.63, 3.8) is 0 Å². The first kappa shape index (κ1) is 13.7. The van der Waals surface area contributed by atoms with Crippen molar-refractivity contribution in [1.29, 1.82) is 0 Å². The van der Waals surface area contributed by atoms with Crippen LogP contribution in [0.2, 0.25) is 0 Å². The van der Waals surface area contributed by atoms with Crippen molar-refractivity contribution in [2.75, 3.05) is 19.7 Å². The highest BCUT2D eigenvalue weighted by atomic mass is 16.5. The lowest BCUT2D eigenvalue weighted by atomic mass is 10.2. The van der Waals surface area contributed by atoms with Gasteiger partial charge < -0.3 is 14.2 Å². The minimum atomic E-state index is -0.316. The number of ether oxygens (including phenoxy) is 1. The van der Waals surface area contributed by atoms with Crippen molar-refractivity contribution in [3.05, 3.63) is 29.2 Å². The number of H-pyrrole nitrogens is 1. The Bertz CT molecular complexity index is 635. The summed E-state index contributed by atoms with van der Waals surface area (Å²) in [4.78, 5) is 18.4. The van der Waals surface area contributed by atoms with Crippen LogP contribution in [-0.4, -0.2) is 50.8 Å². The molecule has 112 valence electrons. The third-order valence-electron chi connectivity index (χ3n) is 3.36. The van der Waals surface area contributed by atoms with Crippen molar-refractivity contribution in [2.45, 2.75) is 26.4 Å². The summed E-state index contributed by atoms with van der Waals surface area (Å²) in [6.45, 7) is 5.13. The monoisotopic (exact) mass is 291 g/mol. The summed E-state index contributed by atoms with van der Waals surface area (Å²) in [7, 11) is 0. The van der Waals surface area contributed by atoms with E-state index in [-0.39, 0.29) is 17.8 Å². The van der Waals surface area contributed by atoms with Gasteiger partial charge in [-0.2, -0.15) is 5.10 Å². The molecule has 0 aromatic carbocycles. The summed E-state index contributed by atoms with van der Waals surface area (Å²) < 4.78 is 10.7. The van der Waals surface area contributed by atoms with Gasteiger partial charge in [-0.3, -0.25) is 9.89 Å². The molecule has 2 aromatic rings. The molecule has 1 unspecified atom stereocenters. The van der Waals surface area contributed by atoms with Gasteiger partial charge in [0.25, 0.3) is 5.91 Å². The number of aryl methyl sites for hydroxylation is 2. The third kappa shape index (κ3) is 2.80. The van der Waals surface area contributed by atoms with Gasteiger partial charge in [-0.25, -0.2) is 4.98 Å². The smallest absolute Gasteiger partial charge is 0.292 e. The van der Waals surface area contributed by atoms with Crippen LogP contribution >= 0.6 is 0 Å². The summed E-state index contributed by atoms with van der Waals surface area (Å²) in [5, 5.41) is 10.7. The van der Waals surface area contributed by atoms with E-state index in [0.29, 0.717) is 31.2 Å². The molecule has 1 aliphatic heterocycles. The zero-order valence-electron chi connectivity index (χ0n) is 12.0. The number of hydrogen-bond donors (Lipinski definition) is 1. The second kappa shape index (κ2) is 5.65. The number of nitrogens with one attached hydrogen (secondary N) is 1. The Morgan fingerprint density at radius 3 is 3.10 bits per heavy atom. The van der Waals surface area contributed by atoms with E-state index in [0.717, 1.165) is 12.2 Å². The Labute approximate surface area is 121 Å². The van der Waals surface area contributed by atoms with Gasteiger partial charge in [-0.05, 0) is 6.92 Å². The number of hydrogen-bond acceptors (Lipinski definition) is 6. The van der Waals surface area contributed by atoms with E-state index in [1.54, 1.807) is 17.9 Å². The Morgan fingerprint density at radius 2 is 2.43 bits per heavy atom. The molecule has 8 heteroatoms. The summed E-state index contributed by atoms with van der Waals surface area (Å²) in [5.41, 5.74) is 0.685. The summed E-state index contributed by atoms with van der Waals surface area (Å²) in [6.07, 6.45) is 0.461. The molecule has 0 bridgehead atoms. The molecule has 21 heavy (non-hydrogen) atoms. The van der Waals surface area contributed by atoms with Crippen molar-refractivity contribution in [3.8, 4) is 0 Å². The second-order valence-corrected chi connectivity index (χ2v) is 4.94. The van der Waals surface area contributed by atoms with E-state index < -0.39 is 0 Å². The minimum absolute atomic E-state index is 0.185. The van der Waals surface area contributed by atoms with E-state index in [9.17, 15) is 4.79 Å². The van der Waals surface area contributed by atoms with Gasteiger partial charge in [0.05, 0.1) is 18.8 Å². The molecule has 1 atom stereocenters. The first-order valence-electron chi connectivity index (χ1n) is 6.92. The molecule has 1 fully saturated rings. The molecule has 1 aliphatic rings. The molecule has 0 saturated carbocycles. The number of amides is 1. The molecular weight excluding hydrogens is 274 g/mol. The SMILES string of the molecule is CCc1nc(C2CN(C(=O)c3cc(C)no3)CCO2)n[nH]1. The van der Waals surface area contributed by atoms with E-state index in [4.69, 9.17) is 9.26 Å². The first-order chi connectivity index (χ1) is 10.2. The Morgan fingerprint density at radius 1 is 1.57 bits per heavy atom. The number of carbonyl (C=O) groups is 1. The van der Waals surface area contributed by atoms with Gasteiger partial charge in [-0.15, -0.1) is 0 Å². The Balaban J connectivity index is 1.72. The Hall–Kier alpha value is -2.22. The highest BCUT2D eigenvalue weighted by Gasteiger charge is 2.30. The van der Waals surface area contributed by atoms with Crippen LogP contribution in [0.25, 0.3) is 0 Å². The van der Waals surface area contributed by atoms with Gasteiger partial charge in [-0.1, -0.05) is 12.1 Å². The highest BCUT2D eigenvalue weighted by Crippen LogP contribution is 2.20. The predicted octanol–water partition coefficient (Wildman–Crippen LogP) is 0.877. The van der Waals surface area contributed by atoms with E-state index in [2.05, 4.69) is 20.3 Å². The maximum absolute atomic E-state index is 12.3. The lowest BCUT2D eigenvalue weighted by Crippen LogP contribution is -2.42. The molecule has 2 aromatic heterocycles. The number of morpholine rings is 1. The van der Waals surface area contributed by atoms with Gasteiger partial charge in [0, 0.05) is 19.0 Å². The molecule has 1 N–H and O–H groups in total. The average molecular weight is 291 g/mol. The van der Waals surface area contributed by atoms with Gasteiger partial charge >= 0.3 is 0 Å². The van der Waals surface area contributed by atoms with E-state index in [1.165, 1.54) is 0 Å². The lowest BCUT2D eigenvalue weighted by Gasteiger charge is -2.30. The summed E-state index contributed by atoms with van der Waals surface area (Å²) >= 11 is 0. The van der Waals surface area contributed by atoms with Crippen LogP contribution in [0.3, 0.4) is 0 Å². The number of aromatic amines is 1. The molecule has 0 spiro atoms. The van der Waals surface area contributed by atoms with Crippen molar-refractivity contribution < 1.29 is 14.1 Å².